The first-order valence-electron chi connectivity index (χ1n) is 7.33. The maximum absolute atomic E-state index is 12.2. The molecule has 2 saturated heterocycles. The molecular weight excluding hydrogens is 252 g/mol. The van der Waals surface area contributed by atoms with Gasteiger partial charge < -0.3 is 15.0 Å². The summed E-state index contributed by atoms with van der Waals surface area (Å²) >= 11 is 0. The van der Waals surface area contributed by atoms with Crippen molar-refractivity contribution in [2.45, 2.75) is 43.9 Å². The Morgan fingerprint density at radius 3 is 2.65 bits per heavy atom. The molecule has 4 heteroatoms. The first-order valence-corrected chi connectivity index (χ1v) is 7.33. The second-order valence-electron chi connectivity index (χ2n) is 5.91. The molecule has 2 aliphatic heterocycles. The van der Waals surface area contributed by atoms with Crippen molar-refractivity contribution in [1.82, 2.24) is 10.3 Å². The molecule has 4 nitrogen and oxygen atoms in total. The van der Waals surface area contributed by atoms with Gasteiger partial charge >= 0.3 is 5.97 Å². The van der Waals surface area contributed by atoms with Gasteiger partial charge in [0, 0.05) is 23.0 Å². The number of esters is 1. The number of carbonyl (C=O) groups excluding carboxylic acids is 1. The summed E-state index contributed by atoms with van der Waals surface area (Å²) in [6, 6.07) is 10.8. The van der Waals surface area contributed by atoms with Gasteiger partial charge in [-0.25, -0.2) is 4.79 Å². The summed E-state index contributed by atoms with van der Waals surface area (Å²) in [4.78, 5) is 15.4. The molecule has 1 aromatic carbocycles. The van der Waals surface area contributed by atoms with E-state index in [1.807, 2.05) is 30.3 Å². The van der Waals surface area contributed by atoms with Gasteiger partial charge in [-0.2, -0.15) is 0 Å². The van der Waals surface area contributed by atoms with Crippen LogP contribution >= 0.6 is 0 Å². The topological polar surface area (TPSA) is 54.1 Å². The predicted octanol–water partition coefficient (Wildman–Crippen LogP) is 2.61. The van der Waals surface area contributed by atoms with Gasteiger partial charge in [0.15, 0.2) is 0 Å². The summed E-state index contributed by atoms with van der Waals surface area (Å²) in [5, 5.41) is 4.60. The van der Waals surface area contributed by atoms with Gasteiger partial charge in [0.05, 0.1) is 0 Å². The highest BCUT2D eigenvalue weighted by Crippen LogP contribution is 2.29. The fraction of sp³-hybridized carbons (Fsp3) is 0.438. The highest BCUT2D eigenvalue weighted by Gasteiger charge is 2.35. The van der Waals surface area contributed by atoms with E-state index in [4.69, 9.17) is 4.74 Å². The summed E-state index contributed by atoms with van der Waals surface area (Å²) in [5.41, 5.74) is 1.53. The van der Waals surface area contributed by atoms with Crippen LogP contribution in [0.4, 0.5) is 0 Å². The van der Waals surface area contributed by atoms with Crippen molar-refractivity contribution >= 4 is 16.9 Å². The van der Waals surface area contributed by atoms with Gasteiger partial charge in [-0.15, -0.1) is 0 Å². The van der Waals surface area contributed by atoms with E-state index in [0.29, 0.717) is 17.8 Å². The molecule has 2 fully saturated rings. The molecule has 2 aliphatic rings. The minimum atomic E-state index is -0.229. The van der Waals surface area contributed by atoms with Crippen LogP contribution in [0.25, 0.3) is 10.9 Å². The Morgan fingerprint density at radius 2 is 1.90 bits per heavy atom. The Morgan fingerprint density at radius 1 is 1.15 bits per heavy atom. The Kier molecular flexibility index (Phi) is 2.77. The SMILES string of the molecule is O=C(OC1C[C@H]2CC[C@@H](C1)N2)c1cc2ccccc2[nH]1. The predicted molar refractivity (Wildman–Crippen MR) is 76.7 cm³/mol. The van der Waals surface area contributed by atoms with Crippen LogP contribution in [0.2, 0.25) is 0 Å². The maximum atomic E-state index is 12.2. The molecule has 3 heterocycles. The van der Waals surface area contributed by atoms with Crippen LogP contribution in [0, 0.1) is 0 Å². The van der Waals surface area contributed by atoms with Crippen molar-refractivity contribution in [3.05, 3.63) is 36.0 Å². The van der Waals surface area contributed by atoms with E-state index >= 15 is 0 Å². The zero-order chi connectivity index (χ0) is 13.5. The van der Waals surface area contributed by atoms with Crippen LogP contribution in [0.1, 0.15) is 36.2 Å². The van der Waals surface area contributed by atoms with Crippen LogP contribution in [0.15, 0.2) is 30.3 Å². The molecule has 2 aromatic rings. The molecule has 1 aromatic heterocycles. The first-order chi connectivity index (χ1) is 9.78. The van der Waals surface area contributed by atoms with Gasteiger partial charge in [0.2, 0.25) is 0 Å². The summed E-state index contributed by atoms with van der Waals surface area (Å²) in [7, 11) is 0. The third-order valence-corrected chi connectivity index (χ3v) is 4.45. The molecular formula is C16H18N2O2. The summed E-state index contributed by atoms with van der Waals surface area (Å²) in [6.45, 7) is 0. The van der Waals surface area contributed by atoms with Gasteiger partial charge in [-0.05, 0) is 37.8 Å². The third kappa shape index (κ3) is 2.10. The average molecular weight is 270 g/mol. The quantitative estimate of drug-likeness (QED) is 0.825. The first kappa shape index (κ1) is 12.0. The van der Waals surface area contributed by atoms with Gasteiger partial charge in [-0.1, -0.05) is 18.2 Å². The highest BCUT2D eigenvalue weighted by atomic mass is 16.5. The van der Waals surface area contributed by atoms with Gasteiger partial charge in [-0.3, -0.25) is 0 Å². The Hall–Kier alpha value is -1.81. The molecule has 1 unspecified atom stereocenters. The minimum absolute atomic E-state index is 0.0627. The van der Waals surface area contributed by atoms with Crippen LogP contribution in [-0.2, 0) is 4.74 Å². The van der Waals surface area contributed by atoms with Crippen LogP contribution in [-0.4, -0.2) is 29.1 Å². The lowest BCUT2D eigenvalue weighted by Crippen LogP contribution is -2.42. The number of para-hydroxylation sites is 1. The van der Waals surface area contributed by atoms with Gasteiger partial charge in [0.25, 0.3) is 0 Å². The third-order valence-electron chi connectivity index (χ3n) is 4.45. The molecule has 20 heavy (non-hydrogen) atoms. The van der Waals surface area contributed by atoms with Crippen LogP contribution < -0.4 is 5.32 Å². The number of aromatic amines is 1. The average Bonchev–Trinajstić information content (AvgIpc) is 3.02. The monoisotopic (exact) mass is 270 g/mol. The maximum Gasteiger partial charge on any atom is 0.355 e. The number of fused-ring (bicyclic) bond motifs is 3. The van der Waals surface area contributed by atoms with Crippen molar-refractivity contribution in [2.24, 2.45) is 0 Å². The molecule has 2 N–H and O–H groups in total. The van der Waals surface area contributed by atoms with Crippen molar-refractivity contribution in [3.63, 3.8) is 0 Å². The highest BCUT2D eigenvalue weighted by molar-refractivity contribution is 5.94. The molecule has 104 valence electrons. The number of piperidine rings is 1. The van der Waals surface area contributed by atoms with E-state index in [2.05, 4.69) is 10.3 Å². The van der Waals surface area contributed by atoms with Crippen molar-refractivity contribution in [2.75, 3.05) is 0 Å². The second-order valence-corrected chi connectivity index (χ2v) is 5.91. The van der Waals surface area contributed by atoms with Crippen molar-refractivity contribution < 1.29 is 9.53 Å². The number of hydrogen-bond acceptors (Lipinski definition) is 3. The zero-order valence-corrected chi connectivity index (χ0v) is 11.3. The Balaban J connectivity index is 1.49. The van der Waals surface area contributed by atoms with Crippen molar-refractivity contribution in [1.29, 1.82) is 0 Å². The normalized spacial score (nSPS) is 28.7. The number of hydrogen-bond donors (Lipinski definition) is 2. The van der Waals surface area contributed by atoms with Crippen LogP contribution in [0.5, 0.6) is 0 Å². The number of rotatable bonds is 2. The smallest absolute Gasteiger partial charge is 0.355 e. The van der Waals surface area contributed by atoms with E-state index in [1.165, 1.54) is 12.8 Å². The number of aromatic nitrogens is 1. The Labute approximate surface area is 117 Å². The number of benzene rings is 1. The molecule has 2 bridgehead atoms. The summed E-state index contributed by atoms with van der Waals surface area (Å²) in [6.07, 6.45) is 4.38. The fourth-order valence-electron chi connectivity index (χ4n) is 3.50. The summed E-state index contributed by atoms with van der Waals surface area (Å²) < 4.78 is 5.68. The molecule has 0 radical (unpaired) electrons. The van der Waals surface area contributed by atoms with E-state index in [-0.39, 0.29) is 12.1 Å². The van der Waals surface area contributed by atoms with Gasteiger partial charge in [0.1, 0.15) is 11.8 Å². The molecule has 3 atom stereocenters. The minimum Gasteiger partial charge on any atom is -0.458 e. The number of carbonyl (C=O) groups is 1. The lowest BCUT2D eigenvalue weighted by atomic mass is 10.0. The molecule has 0 spiro atoms. The van der Waals surface area contributed by atoms with E-state index in [0.717, 1.165) is 23.7 Å². The largest absolute Gasteiger partial charge is 0.458 e. The van der Waals surface area contributed by atoms with E-state index < -0.39 is 0 Å². The zero-order valence-electron chi connectivity index (χ0n) is 11.3. The van der Waals surface area contributed by atoms with Crippen LogP contribution in [0.3, 0.4) is 0 Å². The second kappa shape index (κ2) is 4.63. The molecule has 4 rings (SSSR count). The summed E-state index contributed by atoms with van der Waals surface area (Å²) in [5.74, 6) is -0.229. The lowest BCUT2D eigenvalue weighted by molar-refractivity contribution is 0.0172. The Bertz CT molecular complexity index is 604. The number of ether oxygens (including phenoxy) is 1. The van der Waals surface area contributed by atoms with Crippen molar-refractivity contribution in [3.8, 4) is 0 Å². The molecule has 0 aliphatic carbocycles. The van der Waals surface area contributed by atoms with E-state index in [1.54, 1.807) is 0 Å². The molecule has 0 amide bonds. The number of H-pyrrole nitrogens is 1. The fourth-order valence-corrected chi connectivity index (χ4v) is 3.50. The number of nitrogens with one attached hydrogen (secondary N) is 2. The standard InChI is InChI=1S/C16H18N2O2/c19-16(15-7-10-3-1-2-4-14(10)18-15)20-13-8-11-5-6-12(9-13)17-11/h1-4,7,11-13,17-18H,5-6,8-9H2/t11-,12+,13?. The lowest BCUT2D eigenvalue weighted by Gasteiger charge is -2.28. The van der Waals surface area contributed by atoms with E-state index in [9.17, 15) is 4.79 Å². The molecule has 0 saturated carbocycles.